The van der Waals surface area contributed by atoms with Crippen LogP contribution in [0, 0.1) is 0 Å². The molecule has 2 rings (SSSR count). The SMILES string of the molecule is COc1cccc(N2CCN(C(C)CC(=O)NN)CC2)c1. The molecule has 0 saturated carbocycles. The van der Waals surface area contributed by atoms with Crippen molar-refractivity contribution >= 4 is 11.6 Å². The zero-order chi connectivity index (χ0) is 15.2. The highest BCUT2D eigenvalue weighted by molar-refractivity contribution is 5.75. The van der Waals surface area contributed by atoms with Gasteiger partial charge in [-0.25, -0.2) is 5.84 Å². The van der Waals surface area contributed by atoms with Crippen LogP contribution in [0.5, 0.6) is 5.75 Å². The maximum absolute atomic E-state index is 11.3. The number of nitrogens with one attached hydrogen (secondary N) is 1. The van der Waals surface area contributed by atoms with Crippen molar-refractivity contribution in [1.29, 1.82) is 0 Å². The molecule has 21 heavy (non-hydrogen) atoms. The fraction of sp³-hybridized carbons (Fsp3) is 0.533. The molecular weight excluding hydrogens is 268 g/mol. The Morgan fingerprint density at radius 2 is 2.10 bits per heavy atom. The van der Waals surface area contributed by atoms with Gasteiger partial charge in [-0.1, -0.05) is 6.07 Å². The second-order valence-corrected chi connectivity index (χ2v) is 5.35. The van der Waals surface area contributed by atoms with E-state index < -0.39 is 0 Å². The number of carbonyl (C=O) groups is 1. The molecule has 1 amide bonds. The van der Waals surface area contributed by atoms with Gasteiger partial charge < -0.3 is 9.64 Å². The number of methoxy groups -OCH3 is 1. The number of ether oxygens (including phenoxy) is 1. The normalized spacial score (nSPS) is 17.4. The lowest BCUT2D eigenvalue weighted by Gasteiger charge is -2.39. The topological polar surface area (TPSA) is 70.8 Å². The average molecular weight is 292 g/mol. The molecule has 116 valence electrons. The number of hydrogen-bond donors (Lipinski definition) is 2. The fourth-order valence-electron chi connectivity index (χ4n) is 2.68. The zero-order valence-corrected chi connectivity index (χ0v) is 12.7. The molecule has 6 nitrogen and oxygen atoms in total. The molecule has 1 saturated heterocycles. The van der Waals surface area contributed by atoms with Crippen molar-refractivity contribution in [3.63, 3.8) is 0 Å². The lowest BCUT2D eigenvalue weighted by atomic mass is 10.1. The van der Waals surface area contributed by atoms with Crippen LogP contribution >= 0.6 is 0 Å². The lowest BCUT2D eigenvalue weighted by molar-refractivity contribution is -0.122. The molecule has 1 aromatic carbocycles. The van der Waals surface area contributed by atoms with Gasteiger partial charge in [0.25, 0.3) is 0 Å². The Kier molecular flexibility index (Phi) is 5.41. The van der Waals surface area contributed by atoms with Gasteiger partial charge in [0.2, 0.25) is 5.91 Å². The number of benzene rings is 1. The Morgan fingerprint density at radius 3 is 2.71 bits per heavy atom. The van der Waals surface area contributed by atoms with Crippen LogP contribution in [0.2, 0.25) is 0 Å². The van der Waals surface area contributed by atoms with Crippen LogP contribution in [0.1, 0.15) is 13.3 Å². The van der Waals surface area contributed by atoms with E-state index in [1.807, 2.05) is 12.1 Å². The Hall–Kier alpha value is -1.79. The summed E-state index contributed by atoms with van der Waals surface area (Å²) in [5.41, 5.74) is 3.37. The van der Waals surface area contributed by atoms with E-state index in [1.165, 1.54) is 5.69 Å². The predicted octanol–water partition coefficient (Wildman–Crippen LogP) is 0.586. The number of carbonyl (C=O) groups excluding carboxylic acids is 1. The van der Waals surface area contributed by atoms with E-state index in [-0.39, 0.29) is 11.9 Å². The van der Waals surface area contributed by atoms with E-state index in [2.05, 4.69) is 34.3 Å². The van der Waals surface area contributed by atoms with E-state index in [0.717, 1.165) is 31.9 Å². The molecule has 6 heteroatoms. The number of hydrogen-bond acceptors (Lipinski definition) is 5. The first-order chi connectivity index (χ1) is 10.1. The van der Waals surface area contributed by atoms with Crippen LogP contribution < -0.4 is 20.9 Å². The predicted molar refractivity (Wildman–Crippen MR) is 83.2 cm³/mol. The molecule has 0 aliphatic carbocycles. The van der Waals surface area contributed by atoms with Gasteiger partial charge in [0.1, 0.15) is 5.75 Å². The highest BCUT2D eigenvalue weighted by atomic mass is 16.5. The highest BCUT2D eigenvalue weighted by Crippen LogP contribution is 2.22. The molecule has 1 aliphatic heterocycles. The molecule has 1 fully saturated rings. The molecule has 3 N–H and O–H groups in total. The summed E-state index contributed by atoms with van der Waals surface area (Å²) >= 11 is 0. The molecule has 1 atom stereocenters. The van der Waals surface area contributed by atoms with Crippen molar-refractivity contribution in [2.24, 2.45) is 5.84 Å². The molecule has 0 spiro atoms. The Bertz CT molecular complexity index is 472. The van der Waals surface area contributed by atoms with Crippen molar-refractivity contribution in [3.8, 4) is 5.75 Å². The minimum atomic E-state index is -0.113. The minimum absolute atomic E-state index is 0.113. The average Bonchev–Trinajstić information content (AvgIpc) is 2.54. The van der Waals surface area contributed by atoms with Gasteiger partial charge in [0.05, 0.1) is 7.11 Å². The van der Waals surface area contributed by atoms with Gasteiger partial charge in [-0.15, -0.1) is 0 Å². The number of hydrazine groups is 1. The summed E-state index contributed by atoms with van der Waals surface area (Å²) in [5, 5.41) is 0. The molecular formula is C15H24N4O2. The maximum Gasteiger partial charge on any atom is 0.235 e. The van der Waals surface area contributed by atoms with Crippen LogP contribution in [0.3, 0.4) is 0 Å². The quantitative estimate of drug-likeness (QED) is 0.472. The summed E-state index contributed by atoms with van der Waals surface area (Å²) in [6.07, 6.45) is 0.440. The van der Waals surface area contributed by atoms with E-state index in [9.17, 15) is 4.79 Å². The van der Waals surface area contributed by atoms with Gasteiger partial charge in [0, 0.05) is 50.4 Å². The summed E-state index contributed by atoms with van der Waals surface area (Å²) in [4.78, 5) is 16.0. The molecule has 1 unspecified atom stereocenters. The second kappa shape index (κ2) is 7.28. The summed E-state index contributed by atoms with van der Waals surface area (Å²) in [7, 11) is 1.68. The Labute approximate surface area is 125 Å². The van der Waals surface area contributed by atoms with Crippen LogP contribution in [0.4, 0.5) is 5.69 Å². The summed E-state index contributed by atoms with van der Waals surface area (Å²) < 4.78 is 5.27. The largest absolute Gasteiger partial charge is 0.497 e. The van der Waals surface area contributed by atoms with Gasteiger partial charge in [-0.3, -0.25) is 15.1 Å². The number of amides is 1. The van der Waals surface area contributed by atoms with Crippen molar-refractivity contribution in [2.45, 2.75) is 19.4 Å². The van der Waals surface area contributed by atoms with Crippen molar-refractivity contribution < 1.29 is 9.53 Å². The molecule has 1 aromatic rings. The van der Waals surface area contributed by atoms with E-state index >= 15 is 0 Å². The Balaban J connectivity index is 1.89. The van der Waals surface area contributed by atoms with Crippen molar-refractivity contribution in [2.75, 3.05) is 38.2 Å². The van der Waals surface area contributed by atoms with Gasteiger partial charge in [0.15, 0.2) is 0 Å². The van der Waals surface area contributed by atoms with Gasteiger partial charge in [-0.05, 0) is 19.1 Å². The van der Waals surface area contributed by atoms with E-state index in [1.54, 1.807) is 7.11 Å². The number of nitrogens with zero attached hydrogens (tertiary/aromatic N) is 2. The number of nitrogens with two attached hydrogens (primary N) is 1. The zero-order valence-electron chi connectivity index (χ0n) is 12.7. The van der Waals surface area contributed by atoms with E-state index in [4.69, 9.17) is 10.6 Å². The van der Waals surface area contributed by atoms with E-state index in [0.29, 0.717) is 6.42 Å². The second-order valence-electron chi connectivity index (χ2n) is 5.35. The third-order valence-electron chi connectivity index (χ3n) is 4.00. The molecule has 0 bridgehead atoms. The van der Waals surface area contributed by atoms with Crippen LogP contribution in [0.25, 0.3) is 0 Å². The third kappa shape index (κ3) is 4.09. The van der Waals surface area contributed by atoms with Gasteiger partial charge in [-0.2, -0.15) is 0 Å². The molecule has 1 heterocycles. The molecule has 0 radical (unpaired) electrons. The standard InChI is InChI=1S/C15H24N4O2/c1-12(10-15(20)17-16)18-6-8-19(9-7-18)13-4-3-5-14(11-13)21-2/h3-5,11-12H,6-10,16H2,1-2H3,(H,17,20). The lowest BCUT2D eigenvalue weighted by Crippen LogP contribution is -2.50. The summed E-state index contributed by atoms with van der Waals surface area (Å²) in [6.45, 7) is 5.84. The van der Waals surface area contributed by atoms with Crippen LogP contribution in [-0.2, 0) is 4.79 Å². The van der Waals surface area contributed by atoms with Crippen molar-refractivity contribution in [3.05, 3.63) is 24.3 Å². The van der Waals surface area contributed by atoms with Gasteiger partial charge >= 0.3 is 0 Å². The Morgan fingerprint density at radius 1 is 1.38 bits per heavy atom. The smallest absolute Gasteiger partial charge is 0.235 e. The number of anilines is 1. The summed E-state index contributed by atoms with van der Waals surface area (Å²) in [6, 6.07) is 8.33. The third-order valence-corrected chi connectivity index (χ3v) is 4.00. The highest BCUT2D eigenvalue weighted by Gasteiger charge is 2.22. The first-order valence-corrected chi connectivity index (χ1v) is 7.26. The van der Waals surface area contributed by atoms with Crippen LogP contribution in [-0.4, -0.2) is 50.1 Å². The number of piperazine rings is 1. The van der Waals surface area contributed by atoms with Crippen LogP contribution in [0.15, 0.2) is 24.3 Å². The molecule has 0 aromatic heterocycles. The fourth-order valence-corrected chi connectivity index (χ4v) is 2.68. The maximum atomic E-state index is 11.3. The number of rotatable bonds is 5. The first kappa shape index (κ1) is 15.6. The van der Waals surface area contributed by atoms with Crippen molar-refractivity contribution in [1.82, 2.24) is 10.3 Å². The first-order valence-electron chi connectivity index (χ1n) is 7.26. The monoisotopic (exact) mass is 292 g/mol. The molecule has 1 aliphatic rings. The summed E-state index contributed by atoms with van der Waals surface area (Å²) in [5.74, 6) is 5.90. The minimum Gasteiger partial charge on any atom is -0.497 e.